The predicted molar refractivity (Wildman–Crippen MR) is 126 cm³/mol. The van der Waals surface area contributed by atoms with E-state index >= 15 is 0 Å². The van der Waals surface area contributed by atoms with Crippen LogP contribution in [-0.4, -0.2) is 15.6 Å². The molecule has 0 spiro atoms. The first-order valence-corrected chi connectivity index (χ1v) is 10.2. The Balaban J connectivity index is 1.64. The topological polar surface area (TPSA) is 34.9 Å². The maximum atomic E-state index is 12.6. The zero-order chi connectivity index (χ0) is 21.0. The van der Waals surface area contributed by atoms with Crippen molar-refractivity contribution in [3.63, 3.8) is 0 Å². The monoisotopic (exact) mass is 400 g/mol. The van der Waals surface area contributed by atoms with E-state index in [-0.39, 0.29) is 5.78 Å². The molecule has 5 rings (SSSR count). The number of rotatable bonds is 5. The predicted octanol–water partition coefficient (Wildman–Crippen LogP) is 6.59. The quantitative estimate of drug-likeness (QED) is 0.246. The second kappa shape index (κ2) is 8.25. The second-order valence-electron chi connectivity index (χ2n) is 7.30. The zero-order valence-corrected chi connectivity index (χ0v) is 16.8. The molecular weight excluding hydrogens is 380 g/mol. The Labute approximate surface area is 180 Å². The maximum Gasteiger partial charge on any atom is 0.185 e. The van der Waals surface area contributed by atoms with Crippen LogP contribution < -0.4 is 0 Å². The molecule has 3 nitrogen and oxygen atoms in total. The lowest BCUT2D eigenvalue weighted by Crippen LogP contribution is -1.94. The van der Waals surface area contributed by atoms with Crippen molar-refractivity contribution < 1.29 is 4.79 Å². The number of nitrogens with zero attached hydrogens (tertiary/aromatic N) is 2. The molecule has 0 aliphatic carbocycles. The fourth-order valence-electron chi connectivity index (χ4n) is 3.73. The van der Waals surface area contributed by atoms with Crippen LogP contribution in [0.25, 0.3) is 33.8 Å². The average Bonchev–Trinajstić information content (AvgIpc) is 3.27. The second-order valence-corrected chi connectivity index (χ2v) is 7.30. The molecule has 0 N–H and O–H groups in total. The largest absolute Gasteiger partial charge is 0.289 e. The van der Waals surface area contributed by atoms with E-state index < -0.39 is 0 Å². The third-order valence-corrected chi connectivity index (χ3v) is 5.28. The Morgan fingerprint density at radius 3 is 2.23 bits per heavy atom. The summed E-state index contributed by atoms with van der Waals surface area (Å²) < 4.78 is 1.86. The summed E-state index contributed by atoms with van der Waals surface area (Å²) in [6.07, 6.45) is 5.45. The van der Waals surface area contributed by atoms with E-state index in [9.17, 15) is 4.79 Å². The van der Waals surface area contributed by atoms with Crippen LogP contribution in [0.1, 0.15) is 15.9 Å². The van der Waals surface area contributed by atoms with Gasteiger partial charge in [-0.3, -0.25) is 4.79 Å². The Bertz CT molecular complexity index is 1380. The molecule has 0 fully saturated rings. The summed E-state index contributed by atoms with van der Waals surface area (Å²) in [6.45, 7) is 0. The van der Waals surface area contributed by atoms with Crippen LogP contribution in [0, 0.1) is 0 Å². The van der Waals surface area contributed by atoms with E-state index in [0.717, 1.165) is 33.3 Å². The van der Waals surface area contributed by atoms with Crippen molar-refractivity contribution >= 4 is 22.6 Å². The third-order valence-electron chi connectivity index (χ3n) is 5.28. The van der Waals surface area contributed by atoms with Crippen molar-refractivity contribution in [1.29, 1.82) is 0 Å². The number of ketones is 1. The van der Waals surface area contributed by atoms with Crippen LogP contribution in [0.2, 0.25) is 0 Å². The van der Waals surface area contributed by atoms with Crippen molar-refractivity contribution in [2.75, 3.05) is 0 Å². The first-order valence-electron chi connectivity index (χ1n) is 10.2. The molecule has 0 aliphatic rings. The smallest absolute Gasteiger partial charge is 0.185 e. The number of para-hydroxylation sites is 1. The number of carbonyl (C=O) groups is 1. The van der Waals surface area contributed by atoms with E-state index in [1.807, 2.05) is 95.8 Å². The summed E-state index contributed by atoms with van der Waals surface area (Å²) >= 11 is 0. The standard InChI is InChI=1S/C28H20N2O/c31-27(22-11-3-1-4-12-22)19-18-23-20-30(24-14-5-2-6-15-24)29-28(23)26-17-9-13-21-10-7-8-16-25(21)26/h1-20H. The minimum absolute atomic E-state index is 0.0306. The molecule has 0 amide bonds. The fraction of sp³-hybridized carbons (Fsp3) is 0. The summed E-state index contributed by atoms with van der Waals surface area (Å²) in [5.74, 6) is -0.0306. The highest BCUT2D eigenvalue weighted by Crippen LogP contribution is 2.31. The number of carbonyl (C=O) groups excluding carboxylic acids is 1. The Kier molecular flexibility index (Phi) is 4.99. The van der Waals surface area contributed by atoms with E-state index in [1.165, 1.54) is 0 Å². The molecule has 1 heterocycles. The molecule has 31 heavy (non-hydrogen) atoms. The van der Waals surface area contributed by atoms with Gasteiger partial charge in [-0.05, 0) is 35.1 Å². The van der Waals surface area contributed by atoms with Gasteiger partial charge in [0, 0.05) is 22.9 Å². The van der Waals surface area contributed by atoms with Crippen LogP contribution in [-0.2, 0) is 0 Å². The van der Waals surface area contributed by atoms with Crippen LogP contribution in [0.3, 0.4) is 0 Å². The summed E-state index contributed by atoms with van der Waals surface area (Å²) in [4.78, 5) is 12.6. The van der Waals surface area contributed by atoms with Crippen molar-refractivity contribution in [1.82, 2.24) is 9.78 Å². The summed E-state index contributed by atoms with van der Waals surface area (Å²) in [5.41, 5.74) is 4.42. The molecule has 148 valence electrons. The van der Waals surface area contributed by atoms with Crippen LogP contribution in [0.15, 0.2) is 115 Å². The van der Waals surface area contributed by atoms with Crippen molar-refractivity contribution in [3.05, 3.63) is 127 Å². The first-order chi connectivity index (χ1) is 15.3. The van der Waals surface area contributed by atoms with Gasteiger partial charge in [0.15, 0.2) is 5.78 Å². The Morgan fingerprint density at radius 2 is 1.42 bits per heavy atom. The molecule has 0 aliphatic heterocycles. The van der Waals surface area contributed by atoms with Crippen molar-refractivity contribution in [2.45, 2.75) is 0 Å². The van der Waals surface area contributed by atoms with E-state index in [0.29, 0.717) is 5.56 Å². The highest BCUT2D eigenvalue weighted by atomic mass is 16.1. The van der Waals surface area contributed by atoms with E-state index in [2.05, 4.69) is 24.3 Å². The van der Waals surface area contributed by atoms with Gasteiger partial charge >= 0.3 is 0 Å². The summed E-state index contributed by atoms with van der Waals surface area (Å²) in [7, 11) is 0. The lowest BCUT2D eigenvalue weighted by atomic mass is 9.99. The summed E-state index contributed by atoms with van der Waals surface area (Å²) in [6, 6.07) is 33.8. The van der Waals surface area contributed by atoms with Crippen molar-refractivity contribution in [2.24, 2.45) is 0 Å². The first kappa shape index (κ1) is 18.8. The Hall–Kier alpha value is -4.24. The SMILES string of the molecule is O=C(C=Cc1cn(-c2ccccc2)nc1-c1cccc2ccccc12)c1ccccc1. The van der Waals surface area contributed by atoms with Crippen molar-refractivity contribution in [3.8, 4) is 16.9 Å². The minimum atomic E-state index is -0.0306. The van der Waals surface area contributed by atoms with E-state index in [1.54, 1.807) is 6.08 Å². The summed E-state index contributed by atoms with van der Waals surface area (Å²) in [5, 5.41) is 7.19. The number of allylic oxidation sites excluding steroid dienone is 1. The molecule has 0 saturated heterocycles. The van der Waals surface area contributed by atoms with Gasteiger partial charge in [0.05, 0.1) is 5.69 Å². The van der Waals surface area contributed by atoms with Gasteiger partial charge in [-0.2, -0.15) is 5.10 Å². The number of benzene rings is 4. The molecule has 0 unspecified atom stereocenters. The van der Waals surface area contributed by atoms with Gasteiger partial charge in [0.1, 0.15) is 5.69 Å². The van der Waals surface area contributed by atoms with Gasteiger partial charge in [0.25, 0.3) is 0 Å². The number of aromatic nitrogens is 2. The molecule has 5 aromatic rings. The fourth-order valence-corrected chi connectivity index (χ4v) is 3.73. The maximum absolute atomic E-state index is 12.6. The molecule has 0 saturated carbocycles. The van der Waals surface area contributed by atoms with Gasteiger partial charge in [-0.1, -0.05) is 91.0 Å². The zero-order valence-electron chi connectivity index (χ0n) is 16.8. The minimum Gasteiger partial charge on any atom is -0.289 e. The molecule has 1 aromatic heterocycles. The van der Waals surface area contributed by atoms with Gasteiger partial charge in [0.2, 0.25) is 0 Å². The van der Waals surface area contributed by atoms with Gasteiger partial charge in [-0.15, -0.1) is 0 Å². The van der Waals surface area contributed by atoms with Crippen LogP contribution in [0.5, 0.6) is 0 Å². The van der Waals surface area contributed by atoms with E-state index in [4.69, 9.17) is 5.10 Å². The Morgan fingerprint density at radius 1 is 0.742 bits per heavy atom. The molecule has 0 bridgehead atoms. The molecule has 0 atom stereocenters. The van der Waals surface area contributed by atoms with Crippen LogP contribution >= 0.6 is 0 Å². The lowest BCUT2D eigenvalue weighted by molar-refractivity contribution is 0.104. The van der Waals surface area contributed by atoms with Gasteiger partial charge < -0.3 is 0 Å². The molecule has 4 aromatic carbocycles. The lowest BCUT2D eigenvalue weighted by Gasteiger charge is -2.05. The molecule has 3 heteroatoms. The third kappa shape index (κ3) is 3.81. The normalized spacial score (nSPS) is 11.2. The van der Waals surface area contributed by atoms with Crippen LogP contribution in [0.4, 0.5) is 0 Å². The number of hydrogen-bond donors (Lipinski definition) is 0. The molecule has 0 radical (unpaired) electrons. The molecular formula is C28H20N2O. The number of fused-ring (bicyclic) bond motifs is 1. The number of hydrogen-bond acceptors (Lipinski definition) is 2. The van der Waals surface area contributed by atoms with Gasteiger partial charge in [-0.25, -0.2) is 4.68 Å². The highest BCUT2D eigenvalue weighted by molar-refractivity contribution is 6.07. The average molecular weight is 400 g/mol. The highest BCUT2D eigenvalue weighted by Gasteiger charge is 2.13.